The van der Waals surface area contributed by atoms with Crippen LogP contribution in [0.25, 0.3) is 0 Å². The van der Waals surface area contributed by atoms with Crippen LogP contribution in [0.15, 0.2) is 0 Å². The lowest BCUT2D eigenvalue weighted by molar-refractivity contribution is 0.325. The maximum absolute atomic E-state index is 5.51. The highest BCUT2D eigenvalue weighted by Crippen LogP contribution is 1.97. The highest BCUT2D eigenvalue weighted by molar-refractivity contribution is 4.74. The molecule has 3 heteroatoms. The van der Waals surface area contributed by atoms with Gasteiger partial charge >= 0.3 is 0 Å². The monoisotopic (exact) mass is 142 g/mol. The molecule has 1 aliphatic heterocycles. The predicted molar refractivity (Wildman–Crippen MR) is 42.0 cm³/mol. The number of nitrogens with two attached hydrogens (primary N) is 1. The molecule has 0 spiro atoms. The summed E-state index contributed by atoms with van der Waals surface area (Å²) >= 11 is 0. The molecule has 1 unspecified atom stereocenters. The summed E-state index contributed by atoms with van der Waals surface area (Å²) in [7, 11) is 2.13. The summed E-state index contributed by atoms with van der Waals surface area (Å²) < 4.78 is 0. The highest BCUT2D eigenvalue weighted by atomic mass is 15.1. The standard InChI is InChI=1S/C7H16N3/c1-10-4-2-3-9-7(5-8)6-10/h7H,2-6,8H2,1H3. The van der Waals surface area contributed by atoms with E-state index >= 15 is 0 Å². The van der Waals surface area contributed by atoms with Crippen LogP contribution in [0.5, 0.6) is 0 Å². The molecule has 0 saturated carbocycles. The Morgan fingerprint density at radius 2 is 2.50 bits per heavy atom. The van der Waals surface area contributed by atoms with E-state index in [4.69, 9.17) is 5.73 Å². The molecule has 0 aliphatic carbocycles. The van der Waals surface area contributed by atoms with E-state index in [0.717, 1.165) is 13.1 Å². The number of hydrogen-bond donors (Lipinski definition) is 1. The van der Waals surface area contributed by atoms with E-state index in [2.05, 4.69) is 17.3 Å². The smallest absolute Gasteiger partial charge is 0.0495 e. The topological polar surface area (TPSA) is 43.4 Å². The van der Waals surface area contributed by atoms with Crippen LogP contribution in [-0.2, 0) is 0 Å². The van der Waals surface area contributed by atoms with Crippen LogP contribution in [0.4, 0.5) is 0 Å². The summed E-state index contributed by atoms with van der Waals surface area (Å²) in [6, 6.07) is 0.382. The summed E-state index contributed by atoms with van der Waals surface area (Å²) in [4.78, 5) is 2.30. The first-order valence-electron chi connectivity index (χ1n) is 3.88. The fourth-order valence-corrected chi connectivity index (χ4v) is 1.27. The zero-order valence-electron chi connectivity index (χ0n) is 6.58. The lowest BCUT2D eigenvalue weighted by Gasteiger charge is -2.17. The number of hydrogen-bond acceptors (Lipinski definition) is 2. The Kier molecular flexibility index (Phi) is 3.12. The zero-order valence-corrected chi connectivity index (χ0v) is 6.58. The Balaban J connectivity index is 2.30. The van der Waals surface area contributed by atoms with Crippen LogP contribution in [-0.4, -0.2) is 44.2 Å². The van der Waals surface area contributed by atoms with Crippen LogP contribution in [0.2, 0.25) is 0 Å². The van der Waals surface area contributed by atoms with E-state index in [0.29, 0.717) is 12.6 Å². The third-order valence-electron chi connectivity index (χ3n) is 1.88. The average molecular weight is 142 g/mol. The normalized spacial score (nSPS) is 30.0. The van der Waals surface area contributed by atoms with Gasteiger partial charge < -0.3 is 10.6 Å². The molecule has 0 aromatic rings. The maximum atomic E-state index is 5.51. The molecule has 0 bridgehead atoms. The summed E-state index contributed by atoms with van der Waals surface area (Å²) in [5, 5.41) is 4.43. The van der Waals surface area contributed by atoms with E-state index in [1.807, 2.05) is 0 Å². The first-order chi connectivity index (χ1) is 4.83. The summed E-state index contributed by atoms with van der Waals surface area (Å²) in [6.45, 7) is 3.90. The van der Waals surface area contributed by atoms with Crippen molar-refractivity contribution in [2.24, 2.45) is 5.73 Å². The van der Waals surface area contributed by atoms with Crippen molar-refractivity contribution >= 4 is 0 Å². The number of rotatable bonds is 1. The minimum Gasteiger partial charge on any atom is -0.329 e. The van der Waals surface area contributed by atoms with Gasteiger partial charge in [0, 0.05) is 25.7 Å². The van der Waals surface area contributed by atoms with Gasteiger partial charge in [-0.1, -0.05) is 0 Å². The summed E-state index contributed by atoms with van der Waals surface area (Å²) in [5.74, 6) is 0. The SMILES string of the molecule is CN1CCC[N]C(CN)C1. The Hall–Kier alpha value is -0.120. The van der Waals surface area contributed by atoms with Crippen LogP contribution in [0.3, 0.4) is 0 Å². The molecule has 3 nitrogen and oxygen atoms in total. The van der Waals surface area contributed by atoms with Gasteiger partial charge in [0.25, 0.3) is 0 Å². The van der Waals surface area contributed by atoms with E-state index in [1.165, 1.54) is 13.0 Å². The van der Waals surface area contributed by atoms with Crippen molar-refractivity contribution in [3.05, 3.63) is 0 Å². The second-order valence-corrected chi connectivity index (χ2v) is 2.91. The van der Waals surface area contributed by atoms with Gasteiger partial charge in [-0.2, -0.15) is 0 Å². The second kappa shape index (κ2) is 3.91. The molecule has 2 N–H and O–H groups in total. The van der Waals surface area contributed by atoms with Crippen molar-refractivity contribution in [1.82, 2.24) is 10.2 Å². The third-order valence-corrected chi connectivity index (χ3v) is 1.88. The van der Waals surface area contributed by atoms with Crippen molar-refractivity contribution < 1.29 is 0 Å². The van der Waals surface area contributed by atoms with Crippen molar-refractivity contribution in [3.63, 3.8) is 0 Å². The molecule has 1 radical (unpaired) electrons. The van der Waals surface area contributed by atoms with Crippen LogP contribution in [0.1, 0.15) is 6.42 Å². The molecule has 10 heavy (non-hydrogen) atoms. The van der Waals surface area contributed by atoms with Gasteiger partial charge in [-0.05, 0) is 20.0 Å². The van der Waals surface area contributed by atoms with Gasteiger partial charge in [0.1, 0.15) is 0 Å². The average Bonchev–Trinajstić information content (AvgIpc) is 2.13. The van der Waals surface area contributed by atoms with Crippen LogP contribution < -0.4 is 11.1 Å². The van der Waals surface area contributed by atoms with E-state index < -0.39 is 0 Å². The Bertz CT molecular complexity index is 94.9. The van der Waals surface area contributed by atoms with Crippen molar-refractivity contribution in [2.75, 3.05) is 33.2 Å². The van der Waals surface area contributed by atoms with Crippen molar-refractivity contribution in [1.29, 1.82) is 0 Å². The third kappa shape index (κ3) is 2.25. The predicted octanol–water partition coefficient (Wildman–Crippen LogP) is -0.746. The van der Waals surface area contributed by atoms with E-state index in [-0.39, 0.29) is 0 Å². The van der Waals surface area contributed by atoms with Crippen LogP contribution >= 0.6 is 0 Å². The van der Waals surface area contributed by atoms with Gasteiger partial charge in [-0.15, -0.1) is 0 Å². The summed E-state index contributed by atoms with van der Waals surface area (Å²) in [5.41, 5.74) is 5.51. The van der Waals surface area contributed by atoms with Crippen molar-refractivity contribution in [3.8, 4) is 0 Å². The molecule has 0 aromatic heterocycles. The van der Waals surface area contributed by atoms with Crippen molar-refractivity contribution in [2.45, 2.75) is 12.5 Å². The van der Waals surface area contributed by atoms with Gasteiger partial charge in [0.15, 0.2) is 0 Å². The second-order valence-electron chi connectivity index (χ2n) is 2.91. The summed E-state index contributed by atoms with van der Waals surface area (Å²) in [6.07, 6.45) is 1.19. The first kappa shape index (κ1) is 7.98. The van der Waals surface area contributed by atoms with E-state index in [9.17, 15) is 0 Å². The highest BCUT2D eigenvalue weighted by Gasteiger charge is 2.13. The van der Waals surface area contributed by atoms with Gasteiger partial charge in [0.05, 0.1) is 0 Å². The molecule has 0 aromatic carbocycles. The Morgan fingerprint density at radius 1 is 1.70 bits per heavy atom. The Labute approximate surface area is 62.6 Å². The molecule has 1 aliphatic rings. The lowest BCUT2D eigenvalue weighted by Crippen LogP contribution is -2.37. The molecule has 1 atom stereocenters. The van der Waals surface area contributed by atoms with Gasteiger partial charge in [-0.25, -0.2) is 5.32 Å². The minimum absolute atomic E-state index is 0.382. The number of nitrogens with zero attached hydrogens (tertiary/aromatic N) is 2. The van der Waals surface area contributed by atoms with Gasteiger partial charge in [0.2, 0.25) is 0 Å². The first-order valence-corrected chi connectivity index (χ1v) is 3.88. The molecule has 1 saturated heterocycles. The molecular weight excluding hydrogens is 126 g/mol. The molecule has 59 valence electrons. The fourth-order valence-electron chi connectivity index (χ4n) is 1.27. The molecule has 1 fully saturated rings. The molecule has 1 heterocycles. The quantitative estimate of drug-likeness (QED) is 0.523. The van der Waals surface area contributed by atoms with Gasteiger partial charge in [-0.3, -0.25) is 0 Å². The largest absolute Gasteiger partial charge is 0.329 e. The Morgan fingerprint density at radius 3 is 3.20 bits per heavy atom. The maximum Gasteiger partial charge on any atom is 0.0495 e. The molecule has 1 rings (SSSR count). The molecular formula is C7H16N3. The van der Waals surface area contributed by atoms with Crippen LogP contribution in [0, 0.1) is 0 Å². The number of likely N-dealkylation sites (N-methyl/N-ethyl adjacent to an activating group) is 1. The fraction of sp³-hybridized carbons (Fsp3) is 1.00. The lowest BCUT2D eigenvalue weighted by atomic mass is 10.3. The minimum atomic E-state index is 0.382. The zero-order chi connectivity index (χ0) is 7.40. The molecule has 0 amide bonds. The van der Waals surface area contributed by atoms with E-state index in [1.54, 1.807) is 0 Å².